The molecule has 1 amide bonds. The van der Waals surface area contributed by atoms with Crippen LogP contribution in [0.25, 0.3) is 0 Å². The Kier molecular flexibility index (Phi) is 5.13. The van der Waals surface area contributed by atoms with Crippen LogP contribution < -0.4 is 20.5 Å². The van der Waals surface area contributed by atoms with Gasteiger partial charge in [0.05, 0.1) is 17.9 Å². The zero-order chi connectivity index (χ0) is 18.6. The van der Waals surface area contributed by atoms with E-state index in [2.05, 4.69) is 39.4 Å². The van der Waals surface area contributed by atoms with E-state index in [1.807, 2.05) is 6.07 Å². The summed E-state index contributed by atoms with van der Waals surface area (Å²) in [7, 11) is 0. The van der Waals surface area contributed by atoms with Gasteiger partial charge in [-0.2, -0.15) is 0 Å². The normalized spacial score (nSPS) is 17.0. The van der Waals surface area contributed by atoms with E-state index in [9.17, 15) is 4.79 Å². The Morgan fingerprint density at radius 2 is 1.67 bits per heavy atom. The van der Waals surface area contributed by atoms with Crippen molar-refractivity contribution in [2.75, 3.05) is 50.6 Å². The average molecular weight is 368 g/mol. The van der Waals surface area contributed by atoms with Crippen LogP contribution in [-0.4, -0.2) is 55.2 Å². The number of benzene rings is 2. The van der Waals surface area contributed by atoms with E-state index in [0.717, 1.165) is 32.7 Å². The molecule has 1 fully saturated rings. The highest BCUT2D eigenvalue weighted by molar-refractivity contribution is 5.95. The van der Waals surface area contributed by atoms with E-state index in [-0.39, 0.29) is 12.7 Å². The molecule has 1 saturated heterocycles. The average Bonchev–Trinajstić information content (AvgIpc) is 3.11. The Balaban J connectivity index is 1.26. The van der Waals surface area contributed by atoms with Crippen LogP contribution in [-0.2, 0) is 11.3 Å². The summed E-state index contributed by atoms with van der Waals surface area (Å²) in [6, 6.07) is 13.9. The van der Waals surface area contributed by atoms with Gasteiger partial charge in [-0.25, -0.2) is 0 Å². The quantitative estimate of drug-likeness (QED) is 0.783. The first-order valence-corrected chi connectivity index (χ1v) is 9.15. The van der Waals surface area contributed by atoms with Gasteiger partial charge in [0.15, 0.2) is 11.5 Å². The summed E-state index contributed by atoms with van der Waals surface area (Å²) in [5.41, 5.74) is 8.35. The third-order valence-electron chi connectivity index (χ3n) is 4.90. The maximum Gasteiger partial charge on any atom is 0.238 e. The number of anilines is 2. The molecule has 0 radical (unpaired) electrons. The van der Waals surface area contributed by atoms with E-state index >= 15 is 0 Å². The van der Waals surface area contributed by atoms with Crippen molar-refractivity contribution in [2.45, 2.75) is 6.54 Å². The molecule has 3 N–H and O–H groups in total. The first kappa shape index (κ1) is 17.6. The largest absolute Gasteiger partial charge is 0.454 e. The van der Waals surface area contributed by atoms with Crippen LogP contribution in [0.4, 0.5) is 11.4 Å². The van der Waals surface area contributed by atoms with E-state index in [1.54, 1.807) is 12.1 Å². The summed E-state index contributed by atoms with van der Waals surface area (Å²) in [5.74, 6) is 1.14. The number of carbonyl (C=O) groups is 1. The minimum atomic E-state index is -0.0722. The Bertz CT molecular complexity index is 804. The zero-order valence-corrected chi connectivity index (χ0v) is 15.2. The molecule has 0 atom stereocenters. The molecule has 2 aliphatic heterocycles. The second kappa shape index (κ2) is 7.85. The molecular formula is C20H24N4O3. The summed E-state index contributed by atoms with van der Waals surface area (Å²) >= 11 is 0. The number of nitrogens with one attached hydrogen (secondary N) is 1. The fourth-order valence-corrected chi connectivity index (χ4v) is 3.41. The van der Waals surface area contributed by atoms with Gasteiger partial charge in [-0.15, -0.1) is 0 Å². The molecule has 2 heterocycles. The van der Waals surface area contributed by atoms with Crippen molar-refractivity contribution >= 4 is 17.3 Å². The number of nitrogen functional groups attached to an aromatic ring is 1. The van der Waals surface area contributed by atoms with Crippen molar-refractivity contribution in [3.05, 3.63) is 48.0 Å². The highest BCUT2D eigenvalue weighted by Gasteiger charge is 2.21. The minimum absolute atomic E-state index is 0.0722. The fraction of sp³-hybridized carbons (Fsp3) is 0.350. The number of rotatable bonds is 5. The van der Waals surface area contributed by atoms with Gasteiger partial charge in [0.2, 0.25) is 12.7 Å². The molecule has 0 saturated carbocycles. The van der Waals surface area contributed by atoms with Gasteiger partial charge in [-0.05, 0) is 5.56 Å². The monoisotopic (exact) mass is 368 g/mol. The summed E-state index contributed by atoms with van der Waals surface area (Å²) in [4.78, 5) is 17.0. The Morgan fingerprint density at radius 3 is 2.41 bits per heavy atom. The van der Waals surface area contributed by atoms with Crippen LogP contribution in [0.5, 0.6) is 11.5 Å². The first-order chi connectivity index (χ1) is 13.2. The van der Waals surface area contributed by atoms with E-state index in [0.29, 0.717) is 29.4 Å². The SMILES string of the molecule is Nc1cc2c(cc1NC(=O)CN1CCN(Cc3ccccc3)CC1)OCO2. The van der Waals surface area contributed by atoms with E-state index < -0.39 is 0 Å². The highest BCUT2D eigenvalue weighted by Crippen LogP contribution is 2.38. The lowest BCUT2D eigenvalue weighted by Gasteiger charge is -2.34. The number of ether oxygens (including phenoxy) is 2. The van der Waals surface area contributed by atoms with Crippen LogP contribution in [0.15, 0.2) is 42.5 Å². The Labute approximate surface area is 158 Å². The molecule has 2 aliphatic rings. The molecule has 0 bridgehead atoms. The Hall–Kier alpha value is -2.77. The number of nitrogens with two attached hydrogens (primary N) is 1. The molecular weight excluding hydrogens is 344 g/mol. The van der Waals surface area contributed by atoms with Crippen molar-refractivity contribution in [1.82, 2.24) is 9.80 Å². The number of hydrogen-bond donors (Lipinski definition) is 2. The van der Waals surface area contributed by atoms with Crippen LogP contribution in [0.3, 0.4) is 0 Å². The Morgan fingerprint density at radius 1 is 1.00 bits per heavy atom. The topological polar surface area (TPSA) is 80.1 Å². The molecule has 142 valence electrons. The highest BCUT2D eigenvalue weighted by atomic mass is 16.7. The lowest BCUT2D eigenvalue weighted by molar-refractivity contribution is -0.117. The number of piperazine rings is 1. The van der Waals surface area contributed by atoms with E-state index in [4.69, 9.17) is 15.2 Å². The fourth-order valence-electron chi connectivity index (χ4n) is 3.41. The second-order valence-electron chi connectivity index (χ2n) is 6.88. The molecule has 0 spiro atoms. The van der Waals surface area contributed by atoms with Gasteiger partial charge in [0, 0.05) is 44.9 Å². The zero-order valence-electron chi connectivity index (χ0n) is 15.2. The van der Waals surface area contributed by atoms with Gasteiger partial charge in [0.25, 0.3) is 0 Å². The number of carbonyl (C=O) groups excluding carboxylic acids is 1. The van der Waals surface area contributed by atoms with Gasteiger partial charge in [-0.1, -0.05) is 30.3 Å². The molecule has 2 aromatic carbocycles. The molecule has 0 aliphatic carbocycles. The third kappa shape index (κ3) is 4.32. The van der Waals surface area contributed by atoms with Gasteiger partial charge < -0.3 is 20.5 Å². The second-order valence-corrected chi connectivity index (χ2v) is 6.88. The molecule has 7 heteroatoms. The predicted octanol–water partition coefficient (Wildman–Crippen LogP) is 1.75. The van der Waals surface area contributed by atoms with Gasteiger partial charge in [-0.3, -0.25) is 14.6 Å². The smallest absolute Gasteiger partial charge is 0.238 e. The van der Waals surface area contributed by atoms with Gasteiger partial charge in [0.1, 0.15) is 0 Å². The van der Waals surface area contributed by atoms with E-state index in [1.165, 1.54) is 5.56 Å². The van der Waals surface area contributed by atoms with Crippen molar-refractivity contribution in [3.63, 3.8) is 0 Å². The molecule has 4 rings (SSSR count). The molecule has 0 unspecified atom stereocenters. The van der Waals surface area contributed by atoms with Crippen LogP contribution >= 0.6 is 0 Å². The number of hydrogen-bond acceptors (Lipinski definition) is 6. The first-order valence-electron chi connectivity index (χ1n) is 9.15. The number of amides is 1. The molecule has 27 heavy (non-hydrogen) atoms. The molecule has 0 aromatic heterocycles. The van der Waals surface area contributed by atoms with Gasteiger partial charge >= 0.3 is 0 Å². The minimum Gasteiger partial charge on any atom is -0.454 e. The van der Waals surface area contributed by atoms with Crippen LogP contribution in [0.1, 0.15) is 5.56 Å². The number of nitrogens with zero attached hydrogens (tertiary/aromatic N) is 2. The summed E-state index contributed by atoms with van der Waals surface area (Å²) in [5, 5.41) is 2.88. The standard InChI is InChI=1S/C20H24N4O3/c21-16-10-18-19(27-14-26-18)11-17(16)22-20(25)13-24-8-6-23(7-9-24)12-15-4-2-1-3-5-15/h1-5,10-11H,6-9,12-14,21H2,(H,22,25). The lowest BCUT2D eigenvalue weighted by atomic mass is 10.2. The lowest BCUT2D eigenvalue weighted by Crippen LogP contribution is -2.48. The predicted molar refractivity (Wildman–Crippen MR) is 104 cm³/mol. The summed E-state index contributed by atoms with van der Waals surface area (Å²) < 4.78 is 10.6. The maximum atomic E-state index is 12.4. The summed E-state index contributed by atoms with van der Waals surface area (Å²) in [6.07, 6.45) is 0. The van der Waals surface area contributed by atoms with Crippen molar-refractivity contribution in [2.24, 2.45) is 0 Å². The van der Waals surface area contributed by atoms with Crippen molar-refractivity contribution in [3.8, 4) is 11.5 Å². The maximum absolute atomic E-state index is 12.4. The van der Waals surface area contributed by atoms with Crippen LogP contribution in [0.2, 0.25) is 0 Å². The van der Waals surface area contributed by atoms with Crippen molar-refractivity contribution in [1.29, 1.82) is 0 Å². The molecule has 2 aromatic rings. The number of fused-ring (bicyclic) bond motifs is 1. The van der Waals surface area contributed by atoms with Crippen molar-refractivity contribution < 1.29 is 14.3 Å². The third-order valence-corrected chi connectivity index (χ3v) is 4.90. The van der Waals surface area contributed by atoms with Crippen LogP contribution in [0, 0.1) is 0 Å². The summed E-state index contributed by atoms with van der Waals surface area (Å²) in [6.45, 7) is 5.14. The molecule has 7 nitrogen and oxygen atoms in total.